The summed E-state index contributed by atoms with van der Waals surface area (Å²) in [5, 5.41) is 0. The van der Waals surface area contributed by atoms with Crippen molar-refractivity contribution in [1.82, 2.24) is 9.97 Å². The standard InChI is InChI=1S/C10H16BrN3/c1-6(2)10-13-5-8(11)9(14-10)4-7(3)12/h5-7H,4,12H2,1-3H3. The molecule has 0 aliphatic rings. The number of nitrogens with two attached hydrogens (primary N) is 1. The van der Waals surface area contributed by atoms with Crippen molar-refractivity contribution in [3.63, 3.8) is 0 Å². The van der Waals surface area contributed by atoms with Crippen LogP contribution >= 0.6 is 15.9 Å². The van der Waals surface area contributed by atoms with Crippen LogP contribution in [-0.2, 0) is 6.42 Å². The molecule has 0 radical (unpaired) electrons. The van der Waals surface area contributed by atoms with Gasteiger partial charge in [-0.05, 0) is 22.9 Å². The Bertz CT molecular complexity index is 310. The van der Waals surface area contributed by atoms with Crippen LogP contribution in [0.25, 0.3) is 0 Å². The summed E-state index contributed by atoms with van der Waals surface area (Å²) in [7, 11) is 0. The molecule has 0 saturated heterocycles. The van der Waals surface area contributed by atoms with Gasteiger partial charge in [0.2, 0.25) is 0 Å². The van der Waals surface area contributed by atoms with Crippen LogP contribution in [0.5, 0.6) is 0 Å². The zero-order valence-electron chi connectivity index (χ0n) is 8.79. The molecule has 1 aromatic heterocycles. The Morgan fingerprint density at radius 2 is 2.07 bits per heavy atom. The Hall–Kier alpha value is -0.480. The average Bonchev–Trinajstić information content (AvgIpc) is 2.07. The molecule has 0 bridgehead atoms. The third-order valence-corrected chi connectivity index (χ3v) is 2.53. The van der Waals surface area contributed by atoms with Crippen molar-refractivity contribution >= 4 is 15.9 Å². The average molecular weight is 258 g/mol. The van der Waals surface area contributed by atoms with Crippen molar-refractivity contribution in [3.8, 4) is 0 Å². The zero-order valence-corrected chi connectivity index (χ0v) is 10.4. The van der Waals surface area contributed by atoms with Crippen molar-refractivity contribution < 1.29 is 0 Å². The number of hydrogen-bond acceptors (Lipinski definition) is 3. The predicted octanol–water partition coefficient (Wildman–Crippen LogP) is 2.25. The van der Waals surface area contributed by atoms with Gasteiger partial charge < -0.3 is 5.73 Å². The van der Waals surface area contributed by atoms with E-state index in [0.29, 0.717) is 5.92 Å². The number of hydrogen-bond donors (Lipinski definition) is 1. The van der Waals surface area contributed by atoms with Gasteiger partial charge >= 0.3 is 0 Å². The molecule has 0 saturated carbocycles. The lowest BCUT2D eigenvalue weighted by atomic mass is 10.1. The molecule has 1 atom stereocenters. The fourth-order valence-corrected chi connectivity index (χ4v) is 1.50. The molecular weight excluding hydrogens is 242 g/mol. The van der Waals surface area contributed by atoms with Gasteiger partial charge in [0.25, 0.3) is 0 Å². The van der Waals surface area contributed by atoms with E-state index in [0.717, 1.165) is 22.4 Å². The molecule has 1 unspecified atom stereocenters. The maximum Gasteiger partial charge on any atom is 0.131 e. The minimum absolute atomic E-state index is 0.126. The van der Waals surface area contributed by atoms with Crippen LogP contribution in [0.3, 0.4) is 0 Å². The van der Waals surface area contributed by atoms with Gasteiger partial charge in [0.1, 0.15) is 5.82 Å². The van der Waals surface area contributed by atoms with Crippen LogP contribution in [0.1, 0.15) is 38.2 Å². The van der Waals surface area contributed by atoms with E-state index >= 15 is 0 Å². The third kappa shape index (κ3) is 3.03. The van der Waals surface area contributed by atoms with E-state index in [4.69, 9.17) is 5.73 Å². The first-order valence-electron chi connectivity index (χ1n) is 4.77. The summed E-state index contributed by atoms with van der Waals surface area (Å²) < 4.78 is 0.944. The Balaban J connectivity index is 2.96. The number of nitrogens with zero attached hydrogens (tertiary/aromatic N) is 2. The lowest BCUT2D eigenvalue weighted by Gasteiger charge is -2.09. The van der Waals surface area contributed by atoms with E-state index in [9.17, 15) is 0 Å². The highest BCUT2D eigenvalue weighted by Gasteiger charge is 2.09. The van der Waals surface area contributed by atoms with Crippen molar-refractivity contribution in [3.05, 3.63) is 22.2 Å². The molecule has 0 aliphatic heterocycles. The van der Waals surface area contributed by atoms with Gasteiger partial charge in [0, 0.05) is 24.6 Å². The molecule has 4 heteroatoms. The fraction of sp³-hybridized carbons (Fsp3) is 0.600. The summed E-state index contributed by atoms with van der Waals surface area (Å²) in [4.78, 5) is 8.72. The van der Waals surface area contributed by atoms with E-state index in [1.165, 1.54) is 0 Å². The minimum atomic E-state index is 0.126. The first-order valence-corrected chi connectivity index (χ1v) is 5.57. The van der Waals surface area contributed by atoms with Gasteiger partial charge in [0.05, 0.1) is 10.2 Å². The van der Waals surface area contributed by atoms with E-state index in [1.54, 1.807) is 6.20 Å². The predicted molar refractivity (Wildman–Crippen MR) is 61.2 cm³/mol. The first kappa shape index (κ1) is 11.6. The van der Waals surface area contributed by atoms with Crippen molar-refractivity contribution in [2.45, 2.75) is 39.2 Å². The van der Waals surface area contributed by atoms with Gasteiger partial charge in [-0.25, -0.2) is 9.97 Å². The fourth-order valence-electron chi connectivity index (χ4n) is 1.14. The van der Waals surface area contributed by atoms with Crippen molar-refractivity contribution in [2.24, 2.45) is 5.73 Å². The van der Waals surface area contributed by atoms with Crippen LogP contribution in [0, 0.1) is 0 Å². The maximum atomic E-state index is 5.74. The Kier molecular flexibility index (Phi) is 4.01. The monoisotopic (exact) mass is 257 g/mol. The molecule has 1 heterocycles. The smallest absolute Gasteiger partial charge is 0.131 e. The molecule has 14 heavy (non-hydrogen) atoms. The molecular formula is C10H16BrN3. The van der Waals surface area contributed by atoms with Crippen molar-refractivity contribution in [1.29, 1.82) is 0 Å². The highest BCUT2D eigenvalue weighted by molar-refractivity contribution is 9.10. The molecule has 2 N–H and O–H groups in total. The lowest BCUT2D eigenvalue weighted by molar-refractivity contribution is 0.692. The largest absolute Gasteiger partial charge is 0.328 e. The highest BCUT2D eigenvalue weighted by Crippen LogP contribution is 2.17. The van der Waals surface area contributed by atoms with Crippen LogP contribution < -0.4 is 5.73 Å². The summed E-state index contributed by atoms with van der Waals surface area (Å²) in [6.45, 7) is 6.14. The Morgan fingerprint density at radius 1 is 1.43 bits per heavy atom. The molecule has 0 spiro atoms. The molecule has 0 amide bonds. The molecule has 1 aromatic rings. The topological polar surface area (TPSA) is 51.8 Å². The normalized spacial score (nSPS) is 13.3. The maximum absolute atomic E-state index is 5.74. The molecule has 78 valence electrons. The SMILES string of the molecule is CC(N)Cc1nc(C(C)C)ncc1Br. The lowest BCUT2D eigenvalue weighted by Crippen LogP contribution is -2.19. The summed E-state index contributed by atoms with van der Waals surface area (Å²) >= 11 is 3.43. The van der Waals surface area contributed by atoms with Gasteiger partial charge in [-0.3, -0.25) is 0 Å². The number of halogens is 1. The van der Waals surface area contributed by atoms with Gasteiger partial charge in [-0.15, -0.1) is 0 Å². The van der Waals surface area contributed by atoms with E-state index < -0.39 is 0 Å². The minimum Gasteiger partial charge on any atom is -0.328 e. The second-order valence-corrected chi connectivity index (χ2v) is 4.71. The Labute approximate surface area is 93.3 Å². The Morgan fingerprint density at radius 3 is 2.57 bits per heavy atom. The number of aromatic nitrogens is 2. The summed E-state index contributed by atoms with van der Waals surface area (Å²) in [5.74, 6) is 1.23. The molecule has 3 nitrogen and oxygen atoms in total. The molecule has 1 rings (SSSR count). The van der Waals surface area contributed by atoms with Crippen LogP contribution in [0.2, 0.25) is 0 Å². The first-order chi connectivity index (χ1) is 6.50. The van der Waals surface area contributed by atoms with Crippen LogP contribution in [0.15, 0.2) is 10.7 Å². The van der Waals surface area contributed by atoms with Crippen LogP contribution in [-0.4, -0.2) is 16.0 Å². The van der Waals surface area contributed by atoms with Gasteiger partial charge in [0.15, 0.2) is 0 Å². The second kappa shape index (κ2) is 4.84. The molecule has 0 aliphatic carbocycles. The van der Waals surface area contributed by atoms with Gasteiger partial charge in [-0.1, -0.05) is 13.8 Å². The highest BCUT2D eigenvalue weighted by atomic mass is 79.9. The van der Waals surface area contributed by atoms with E-state index in [-0.39, 0.29) is 6.04 Å². The molecule has 0 fully saturated rings. The molecule has 0 aromatic carbocycles. The summed E-state index contributed by atoms with van der Waals surface area (Å²) in [6.07, 6.45) is 2.59. The van der Waals surface area contributed by atoms with Crippen LogP contribution in [0.4, 0.5) is 0 Å². The third-order valence-electron chi connectivity index (χ3n) is 1.87. The second-order valence-electron chi connectivity index (χ2n) is 3.86. The van der Waals surface area contributed by atoms with Crippen molar-refractivity contribution in [2.75, 3.05) is 0 Å². The van der Waals surface area contributed by atoms with E-state index in [2.05, 4.69) is 39.7 Å². The number of rotatable bonds is 3. The van der Waals surface area contributed by atoms with E-state index in [1.807, 2.05) is 6.92 Å². The summed E-state index contributed by atoms with van der Waals surface area (Å²) in [6, 6.07) is 0.126. The quantitative estimate of drug-likeness (QED) is 0.904. The zero-order chi connectivity index (χ0) is 10.7. The van der Waals surface area contributed by atoms with Gasteiger partial charge in [-0.2, -0.15) is 0 Å². The summed E-state index contributed by atoms with van der Waals surface area (Å²) in [5.41, 5.74) is 6.74.